The van der Waals surface area contributed by atoms with Crippen LogP contribution < -0.4 is 10.6 Å². The van der Waals surface area contributed by atoms with E-state index in [0.717, 1.165) is 29.2 Å². The third-order valence-corrected chi connectivity index (χ3v) is 5.97. The van der Waals surface area contributed by atoms with Gasteiger partial charge in [0.05, 0.1) is 13.0 Å². The summed E-state index contributed by atoms with van der Waals surface area (Å²) in [7, 11) is 0. The number of anilines is 1. The Kier molecular flexibility index (Phi) is 6.84. The fraction of sp³-hybridized carbons (Fsp3) is 0.222. The molecule has 4 N–H and O–H groups in total. The van der Waals surface area contributed by atoms with E-state index >= 15 is 0 Å². The van der Waals surface area contributed by atoms with Gasteiger partial charge in [-0.25, -0.2) is 9.59 Å². The highest BCUT2D eigenvalue weighted by molar-refractivity contribution is 5.86. The number of aliphatic carboxylic acids is 1. The van der Waals surface area contributed by atoms with Crippen LogP contribution in [-0.2, 0) is 20.7 Å². The summed E-state index contributed by atoms with van der Waals surface area (Å²) in [5.74, 6) is -1.93. The Balaban J connectivity index is 1.34. The van der Waals surface area contributed by atoms with Gasteiger partial charge in [0.15, 0.2) is 5.60 Å². The van der Waals surface area contributed by atoms with Crippen molar-refractivity contribution in [2.45, 2.75) is 24.9 Å². The van der Waals surface area contributed by atoms with E-state index in [1.807, 2.05) is 36.4 Å². The van der Waals surface area contributed by atoms with E-state index in [4.69, 9.17) is 9.84 Å². The lowest BCUT2D eigenvalue weighted by atomic mass is 9.98. The van der Waals surface area contributed by atoms with Gasteiger partial charge in [-0.05, 0) is 46.9 Å². The molecule has 3 aromatic rings. The minimum absolute atomic E-state index is 0.0457. The van der Waals surface area contributed by atoms with Gasteiger partial charge in [-0.2, -0.15) is 0 Å². The van der Waals surface area contributed by atoms with E-state index < -0.39 is 30.1 Å². The fourth-order valence-electron chi connectivity index (χ4n) is 4.11. The summed E-state index contributed by atoms with van der Waals surface area (Å²) in [5.41, 5.74) is 3.55. The molecular formula is C27H26N2O6. The van der Waals surface area contributed by atoms with Crippen molar-refractivity contribution in [3.8, 4) is 11.1 Å². The van der Waals surface area contributed by atoms with Crippen molar-refractivity contribution in [3.05, 3.63) is 89.5 Å². The number of ether oxygens (including phenoxy) is 1. The third kappa shape index (κ3) is 5.50. The maximum Gasteiger partial charge on any atom is 0.411 e. The van der Waals surface area contributed by atoms with Gasteiger partial charge in [-0.15, -0.1) is 0 Å². The maximum atomic E-state index is 12.5. The molecule has 0 bridgehead atoms. The molecule has 1 atom stereocenters. The summed E-state index contributed by atoms with van der Waals surface area (Å²) in [5, 5.41) is 23.7. The molecule has 8 nitrogen and oxygen atoms in total. The van der Waals surface area contributed by atoms with E-state index in [0.29, 0.717) is 11.3 Å². The molecule has 0 heterocycles. The molecule has 0 fully saturated rings. The quantitative estimate of drug-likeness (QED) is 0.396. The lowest BCUT2D eigenvalue weighted by molar-refractivity contribution is -0.156. The van der Waals surface area contributed by atoms with E-state index in [1.165, 1.54) is 0 Å². The van der Waals surface area contributed by atoms with Crippen LogP contribution in [-0.4, -0.2) is 46.9 Å². The topological polar surface area (TPSA) is 125 Å². The van der Waals surface area contributed by atoms with Gasteiger partial charge in [-0.3, -0.25) is 10.1 Å². The molecule has 0 saturated carbocycles. The third-order valence-electron chi connectivity index (χ3n) is 5.97. The molecular weight excluding hydrogens is 448 g/mol. The number of carbonyl (C=O) groups is 3. The second-order valence-electron chi connectivity index (χ2n) is 8.68. The summed E-state index contributed by atoms with van der Waals surface area (Å²) in [6.45, 7) is 0.874. The highest BCUT2D eigenvalue weighted by Gasteiger charge is 2.30. The minimum atomic E-state index is -2.05. The van der Waals surface area contributed by atoms with Crippen LogP contribution in [0.5, 0.6) is 0 Å². The molecule has 0 aromatic heterocycles. The average Bonchev–Trinajstić information content (AvgIpc) is 3.15. The number of rotatable bonds is 8. The molecule has 0 aliphatic heterocycles. The van der Waals surface area contributed by atoms with Crippen LogP contribution in [0.15, 0.2) is 72.8 Å². The zero-order valence-corrected chi connectivity index (χ0v) is 19.2. The summed E-state index contributed by atoms with van der Waals surface area (Å²) in [4.78, 5) is 35.6. The van der Waals surface area contributed by atoms with Crippen LogP contribution in [0.4, 0.5) is 10.5 Å². The van der Waals surface area contributed by atoms with Crippen LogP contribution in [0, 0.1) is 0 Å². The normalized spacial score (nSPS) is 13.8. The SMILES string of the molecule is CC(O)(CNC(=O)Cc1cccc(NC(=O)OCC2c3ccccc3-c3ccccc32)c1)C(=O)O. The van der Waals surface area contributed by atoms with Crippen molar-refractivity contribution in [2.24, 2.45) is 0 Å². The van der Waals surface area contributed by atoms with Crippen LogP contribution >= 0.6 is 0 Å². The largest absolute Gasteiger partial charge is 0.479 e. The first kappa shape index (κ1) is 24.0. The molecule has 35 heavy (non-hydrogen) atoms. The van der Waals surface area contributed by atoms with Crippen molar-refractivity contribution < 1.29 is 29.3 Å². The first-order valence-corrected chi connectivity index (χ1v) is 11.2. The molecule has 1 unspecified atom stereocenters. The number of benzene rings is 3. The van der Waals surface area contributed by atoms with Crippen LogP contribution in [0.25, 0.3) is 11.1 Å². The predicted octanol–water partition coefficient (Wildman–Crippen LogP) is 3.54. The fourth-order valence-corrected chi connectivity index (χ4v) is 4.11. The number of hydrogen-bond donors (Lipinski definition) is 4. The lowest BCUT2D eigenvalue weighted by Crippen LogP contribution is -2.46. The Morgan fingerprint density at radius 3 is 2.20 bits per heavy atom. The molecule has 3 aromatic carbocycles. The Morgan fingerprint density at radius 1 is 0.943 bits per heavy atom. The molecule has 4 rings (SSSR count). The number of amides is 2. The van der Waals surface area contributed by atoms with Gasteiger partial charge in [0.25, 0.3) is 0 Å². The van der Waals surface area contributed by atoms with Crippen LogP contribution in [0.1, 0.15) is 29.5 Å². The van der Waals surface area contributed by atoms with Gasteiger partial charge in [0.1, 0.15) is 6.61 Å². The molecule has 0 saturated heterocycles. The number of nitrogens with one attached hydrogen (secondary N) is 2. The predicted molar refractivity (Wildman–Crippen MR) is 130 cm³/mol. The molecule has 2 amide bonds. The first-order valence-electron chi connectivity index (χ1n) is 11.2. The van der Waals surface area contributed by atoms with Crippen molar-refractivity contribution in [1.82, 2.24) is 5.32 Å². The Bertz CT molecular complexity index is 1220. The molecule has 1 aliphatic carbocycles. The highest BCUT2D eigenvalue weighted by Crippen LogP contribution is 2.44. The zero-order valence-electron chi connectivity index (χ0n) is 19.2. The Morgan fingerprint density at radius 2 is 1.57 bits per heavy atom. The van der Waals surface area contributed by atoms with Gasteiger partial charge in [0.2, 0.25) is 5.91 Å². The van der Waals surface area contributed by atoms with Crippen molar-refractivity contribution in [3.63, 3.8) is 0 Å². The molecule has 0 spiro atoms. The molecule has 0 radical (unpaired) electrons. The average molecular weight is 475 g/mol. The Hall–Kier alpha value is -4.17. The summed E-state index contributed by atoms with van der Waals surface area (Å²) >= 11 is 0. The standard InChI is InChI=1S/C27H26N2O6/c1-27(34,25(31)32)16-28-24(30)14-17-7-6-8-18(13-17)29-26(33)35-15-23-21-11-4-2-9-19(21)20-10-3-5-12-22(20)23/h2-13,23,34H,14-16H2,1H3,(H,28,30)(H,29,33)(H,31,32). The molecule has 1 aliphatic rings. The van der Waals surface area contributed by atoms with E-state index in [9.17, 15) is 19.5 Å². The number of fused-ring (bicyclic) bond motifs is 3. The number of carbonyl (C=O) groups excluding carboxylic acids is 2. The number of carboxylic acid groups (broad SMARTS) is 1. The molecule has 180 valence electrons. The number of hydrogen-bond acceptors (Lipinski definition) is 5. The second-order valence-corrected chi connectivity index (χ2v) is 8.68. The van der Waals surface area contributed by atoms with Gasteiger partial charge in [-0.1, -0.05) is 60.7 Å². The van der Waals surface area contributed by atoms with Crippen LogP contribution in [0.2, 0.25) is 0 Å². The van der Waals surface area contributed by atoms with E-state index in [2.05, 4.69) is 22.8 Å². The maximum absolute atomic E-state index is 12.5. The lowest BCUT2D eigenvalue weighted by Gasteiger charge is -2.18. The van der Waals surface area contributed by atoms with Crippen molar-refractivity contribution >= 4 is 23.7 Å². The summed E-state index contributed by atoms with van der Waals surface area (Å²) < 4.78 is 5.55. The summed E-state index contributed by atoms with van der Waals surface area (Å²) in [6, 6.07) is 22.9. The summed E-state index contributed by atoms with van der Waals surface area (Å²) in [6.07, 6.45) is -0.651. The number of carboxylic acids is 1. The van der Waals surface area contributed by atoms with E-state index in [1.54, 1.807) is 24.3 Å². The molecule has 8 heteroatoms. The van der Waals surface area contributed by atoms with Gasteiger partial charge >= 0.3 is 12.1 Å². The van der Waals surface area contributed by atoms with Gasteiger partial charge < -0.3 is 20.3 Å². The smallest absolute Gasteiger partial charge is 0.411 e. The second kappa shape index (κ2) is 9.99. The Labute approximate surface area is 202 Å². The first-order chi connectivity index (χ1) is 16.7. The monoisotopic (exact) mass is 474 g/mol. The van der Waals surface area contributed by atoms with Crippen molar-refractivity contribution in [1.29, 1.82) is 0 Å². The van der Waals surface area contributed by atoms with Gasteiger partial charge in [0, 0.05) is 11.6 Å². The van der Waals surface area contributed by atoms with E-state index in [-0.39, 0.29) is 18.9 Å². The number of aliphatic hydroxyl groups is 1. The zero-order chi connectivity index (χ0) is 25.0. The minimum Gasteiger partial charge on any atom is -0.479 e. The highest BCUT2D eigenvalue weighted by atomic mass is 16.5. The van der Waals surface area contributed by atoms with Crippen molar-refractivity contribution in [2.75, 3.05) is 18.5 Å². The van der Waals surface area contributed by atoms with Crippen LogP contribution in [0.3, 0.4) is 0 Å².